The van der Waals surface area contributed by atoms with Gasteiger partial charge in [0.1, 0.15) is 16.5 Å². The van der Waals surface area contributed by atoms with E-state index >= 15 is 0 Å². The first-order chi connectivity index (χ1) is 13.9. The first-order valence-electron chi connectivity index (χ1n) is 9.49. The Hall–Kier alpha value is -2.44. The van der Waals surface area contributed by atoms with Crippen LogP contribution < -0.4 is 5.32 Å². The highest BCUT2D eigenvalue weighted by Crippen LogP contribution is 2.40. The van der Waals surface area contributed by atoms with Crippen molar-refractivity contribution in [3.05, 3.63) is 76.7 Å². The molecule has 0 unspecified atom stereocenters. The Labute approximate surface area is 172 Å². The molecule has 0 radical (unpaired) electrons. The zero-order valence-electron chi connectivity index (χ0n) is 15.4. The molecule has 1 aromatic carbocycles. The average Bonchev–Trinajstić information content (AvgIpc) is 3.33. The molecule has 6 heteroatoms. The van der Waals surface area contributed by atoms with Crippen molar-refractivity contribution in [2.75, 3.05) is 5.32 Å². The van der Waals surface area contributed by atoms with E-state index in [1.165, 1.54) is 33.6 Å². The SMILES string of the molecule is c1ccc(SCc2nc(NCc3ccccn3)c3c4c(sc3n2)CCC4)cc1. The number of thiophene rings is 1. The number of aryl methyl sites for hydroxylation is 2. The van der Waals surface area contributed by atoms with Crippen molar-refractivity contribution >= 4 is 39.1 Å². The van der Waals surface area contributed by atoms with Gasteiger partial charge in [-0.1, -0.05) is 24.3 Å². The summed E-state index contributed by atoms with van der Waals surface area (Å²) in [6.07, 6.45) is 5.37. The van der Waals surface area contributed by atoms with Gasteiger partial charge in [0.05, 0.1) is 23.4 Å². The molecule has 0 atom stereocenters. The highest BCUT2D eigenvalue weighted by atomic mass is 32.2. The number of thioether (sulfide) groups is 1. The van der Waals surface area contributed by atoms with Crippen LogP contribution in [0, 0.1) is 0 Å². The third-order valence-corrected chi connectivity index (χ3v) is 7.08. The molecule has 0 saturated carbocycles. The van der Waals surface area contributed by atoms with Crippen LogP contribution in [0.4, 0.5) is 5.82 Å². The third kappa shape index (κ3) is 3.62. The van der Waals surface area contributed by atoms with Crippen LogP contribution in [0.2, 0.25) is 0 Å². The molecule has 3 aromatic heterocycles. The largest absolute Gasteiger partial charge is 0.364 e. The van der Waals surface area contributed by atoms with Gasteiger partial charge in [-0.25, -0.2) is 9.97 Å². The predicted molar refractivity (Wildman–Crippen MR) is 117 cm³/mol. The molecule has 4 nitrogen and oxygen atoms in total. The standard InChI is InChI=1S/C22H20N4S2/c1-2-8-16(9-3-1)27-14-19-25-21(24-13-15-7-4-5-12-23-15)20-17-10-6-11-18(17)28-22(20)26-19/h1-5,7-9,12H,6,10-11,13-14H2,(H,24,25,26). The Balaban J connectivity index is 1.46. The van der Waals surface area contributed by atoms with Gasteiger partial charge in [0, 0.05) is 16.0 Å². The molecule has 28 heavy (non-hydrogen) atoms. The van der Waals surface area contributed by atoms with Gasteiger partial charge in [-0.2, -0.15) is 0 Å². The third-order valence-electron chi connectivity index (χ3n) is 4.89. The Morgan fingerprint density at radius 3 is 2.75 bits per heavy atom. The minimum Gasteiger partial charge on any atom is -0.364 e. The Morgan fingerprint density at radius 1 is 1.00 bits per heavy atom. The van der Waals surface area contributed by atoms with Crippen LogP contribution in [-0.4, -0.2) is 15.0 Å². The van der Waals surface area contributed by atoms with Crippen LogP contribution in [0.1, 0.15) is 28.4 Å². The van der Waals surface area contributed by atoms with E-state index < -0.39 is 0 Å². The van der Waals surface area contributed by atoms with Gasteiger partial charge in [-0.3, -0.25) is 4.98 Å². The van der Waals surface area contributed by atoms with Crippen molar-refractivity contribution in [2.24, 2.45) is 0 Å². The molecule has 1 aliphatic carbocycles. The molecule has 1 aliphatic rings. The molecular weight excluding hydrogens is 384 g/mol. The predicted octanol–water partition coefficient (Wildman–Crippen LogP) is 5.48. The van der Waals surface area contributed by atoms with Gasteiger partial charge in [-0.15, -0.1) is 23.1 Å². The maximum Gasteiger partial charge on any atom is 0.142 e. The van der Waals surface area contributed by atoms with E-state index in [2.05, 4.69) is 34.6 Å². The molecule has 3 heterocycles. The van der Waals surface area contributed by atoms with Gasteiger partial charge in [-0.05, 0) is 49.1 Å². The summed E-state index contributed by atoms with van der Waals surface area (Å²) in [6.45, 7) is 0.669. The fraction of sp³-hybridized carbons (Fsp3) is 0.227. The quantitative estimate of drug-likeness (QED) is 0.431. The second kappa shape index (κ2) is 7.89. The summed E-state index contributed by atoms with van der Waals surface area (Å²) >= 11 is 3.62. The monoisotopic (exact) mass is 404 g/mol. The number of nitrogens with one attached hydrogen (secondary N) is 1. The number of rotatable bonds is 6. The van der Waals surface area contributed by atoms with Crippen LogP contribution in [-0.2, 0) is 25.1 Å². The Bertz CT molecular complexity index is 1090. The van der Waals surface area contributed by atoms with Crippen LogP contribution >= 0.6 is 23.1 Å². The van der Waals surface area contributed by atoms with E-state index in [-0.39, 0.29) is 0 Å². The second-order valence-corrected chi connectivity index (χ2v) is 8.93. The topological polar surface area (TPSA) is 50.7 Å². The van der Waals surface area contributed by atoms with Gasteiger partial charge in [0.15, 0.2) is 0 Å². The fourth-order valence-electron chi connectivity index (χ4n) is 3.57. The molecule has 0 amide bonds. The lowest BCUT2D eigenvalue weighted by Crippen LogP contribution is -2.06. The van der Waals surface area contributed by atoms with Crippen LogP contribution in [0.25, 0.3) is 10.2 Å². The van der Waals surface area contributed by atoms with E-state index in [0.717, 1.165) is 34.3 Å². The maximum atomic E-state index is 4.92. The van der Waals surface area contributed by atoms with Crippen molar-refractivity contribution in [3.8, 4) is 0 Å². The van der Waals surface area contributed by atoms with Crippen molar-refractivity contribution in [1.82, 2.24) is 15.0 Å². The minimum atomic E-state index is 0.669. The average molecular weight is 405 g/mol. The maximum absolute atomic E-state index is 4.92. The van der Waals surface area contributed by atoms with Crippen molar-refractivity contribution < 1.29 is 0 Å². The number of aromatic nitrogens is 3. The first kappa shape index (κ1) is 17.6. The summed E-state index contributed by atoms with van der Waals surface area (Å²) in [4.78, 5) is 18.1. The smallest absolute Gasteiger partial charge is 0.142 e. The van der Waals surface area contributed by atoms with Gasteiger partial charge >= 0.3 is 0 Å². The van der Waals surface area contributed by atoms with E-state index in [0.29, 0.717) is 6.54 Å². The lowest BCUT2D eigenvalue weighted by molar-refractivity contribution is 0.916. The minimum absolute atomic E-state index is 0.669. The van der Waals surface area contributed by atoms with Crippen LogP contribution in [0.15, 0.2) is 59.6 Å². The molecule has 0 fully saturated rings. The van der Waals surface area contributed by atoms with E-state index in [1.807, 2.05) is 41.8 Å². The number of fused-ring (bicyclic) bond motifs is 3. The summed E-state index contributed by atoms with van der Waals surface area (Å²) in [6, 6.07) is 16.4. The van der Waals surface area contributed by atoms with Gasteiger partial charge < -0.3 is 5.32 Å². The Kier molecular flexibility index (Phi) is 4.97. The Morgan fingerprint density at radius 2 is 1.89 bits per heavy atom. The van der Waals surface area contributed by atoms with Crippen LogP contribution in [0.3, 0.4) is 0 Å². The number of hydrogen-bond donors (Lipinski definition) is 1. The summed E-state index contributed by atoms with van der Waals surface area (Å²) in [5.74, 6) is 2.60. The van der Waals surface area contributed by atoms with Gasteiger partial charge in [0.25, 0.3) is 0 Å². The second-order valence-electron chi connectivity index (χ2n) is 6.80. The summed E-state index contributed by atoms with van der Waals surface area (Å²) in [5.41, 5.74) is 2.46. The molecule has 4 aromatic rings. The van der Waals surface area contributed by atoms with E-state index in [4.69, 9.17) is 9.97 Å². The number of benzene rings is 1. The number of hydrogen-bond acceptors (Lipinski definition) is 6. The lowest BCUT2D eigenvalue weighted by atomic mass is 10.2. The molecule has 140 valence electrons. The molecule has 5 rings (SSSR count). The zero-order chi connectivity index (χ0) is 18.8. The fourth-order valence-corrected chi connectivity index (χ4v) is 5.63. The summed E-state index contributed by atoms with van der Waals surface area (Å²) in [5, 5.41) is 4.77. The van der Waals surface area contributed by atoms with E-state index in [1.54, 1.807) is 11.8 Å². The van der Waals surface area contributed by atoms with Crippen molar-refractivity contribution in [3.63, 3.8) is 0 Å². The highest BCUT2D eigenvalue weighted by Gasteiger charge is 2.22. The van der Waals surface area contributed by atoms with Crippen LogP contribution in [0.5, 0.6) is 0 Å². The molecule has 0 spiro atoms. The molecule has 0 saturated heterocycles. The lowest BCUT2D eigenvalue weighted by Gasteiger charge is -2.10. The molecular formula is C22H20N4S2. The normalized spacial score (nSPS) is 13.0. The molecule has 0 aliphatic heterocycles. The highest BCUT2D eigenvalue weighted by molar-refractivity contribution is 7.98. The summed E-state index contributed by atoms with van der Waals surface area (Å²) in [7, 11) is 0. The number of nitrogens with zero attached hydrogens (tertiary/aromatic N) is 3. The first-order valence-corrected chi connectivity index (χ1v) is 11.3. The van der Waals surface area contributed by atoms with Crippen molar-refractivity contribution in [2.45, 2.75) is 36.5 Å². The number of pyridine rings is 1. The number of anilines is 1. The zero-order valence-corrected chi connectivity index (χ0v) is 17.0. The van der Waals surface area contributed by atoms with E-state index in [9.17, 15) is 0 Å². The van der Waals surface area contributed by atoms with Crippen molar-refractivity contribution in [1.29, 1.82) is 0 Å². The summed E-state index contributed by atoms with van der Waals surface area (Å²) < 4.78 is 0. The molecule has 1 N–H and O–H groups in total. The van der Waals surface area contributed by atoms with Gasteiger partial charge in [0.2, 0.25) is 0 Å². The molecule has 0 bridgehead atoms.